The average molecular weight is 128 g/mol. The van der Waals surface area contributed by atoms with Crippen LogP contribution in [0.4, 0.5) is 0 Å². The molecule has 0 radical (unpaired) electrons. The summed E-state index contributed by atoms with van der Waals surface area (Å²) in [5.74, 6) is 0.684. The summed E-state index contributed by atoms with van der Waals surface area (Å²) in [6.07, 6.45) is 1.20. The number of ether oxygens (including phenoxy) is 2. The minimum absolute atomic E-state index is 0.0723. The molecule has 0 aromatic rings. The van der Waals surface area contributed by atoms with Crippen LogP contribution in [0.1, 0.15) is 13.3 Å². The highest BCUT2D eigenvalue weighted by atomic mass is 16.6. The number of fused-ring (bicyclic) bond motifs is 2. The molecule has 0 N–H and O–H groups in total. The fraction of sp³-hybridized carbons (Fsp3) is 1.00. The summed E-state index contributed by atoms with van der Waals surface area (Å²) < 4.78 is 10.9. The summed E-state index contributed by atoms with van der Waals surface area (Å²) >= 11 is 0. The van der Waals surface area contributed by atoms with E-state index in [4.69, 9.17) is 9.47 Å². The van der Waals surface area contributed by atoms with E-state index in [1.54, 1.807) is 0 Å². The molecule has 2 atom stereocenters. The highest BCUT2D eigenvalue weighted by Gasteiger charge is 2.40. The van der Waals surface area contributed by atoms with Gasteiger partial charge in [0.25, 0.3) is 0 Å². The van der Waals surface area contributed by atoms with Crippen LogP contribution in [-0.4, -0.2) is 25.4 Å². The zero-order valence-corrected chi connectivity index (χ0v) is 5.72. The topological polar surface area (TPSA) is 18.5 Å². The molecule has 0 aromatic heterocycles. The molecule has 0 aliphatic carbocycles. The molecule has 2 bridgehead atoms. The van der Waals surface area contributed by atoms with E-state index in [2.05, 4.69) is 6.92 Å². The molecule has 0 saturated carbocycles. The summed E-state index contributed by atoms with van der Waals surface area (Å²) in [7, 11) is 0. The second kappa shape index (κ2) is 1.70. The molecule has 2 unspecified atom stereocenters. The maximum Gasteiger partial charge on any atom is 0.0891 e. The van der Waals surface area contributed by atoms with Gasteiger partial charge in [-0.1, -0.05) is 0 Å². The fourth-order valence-electron chi connectivity index (χ4n) is 1.70. The van der Waals surface area contributed by atoms with Crippen molar-refractivity contribution in [3.63, 3.8) is 0 Å². The van der Waals surface area contributed by atoms with Crippen molar-refractivity contribution in [2.24, 2.45) is 5.92 Å². The Morgan fingerprint density at radius 1 is 1.44 bits per heavy atom. The summed E-state index contributed by atoms with van der Waals surface area (Å²) in [5.41, 5.74) is 0.0723. The van der Waals surface area contributed by atoms with E-state index in [1.807, 2.05) is 0 Å². The molecular weight excluding hydrogens is 116 g/mol. The average Bonchev–Trinajstić information content (AvgIpc) is 2.07. The lowest BCUT2D eigenvalue weighted by Crippen LogP contribution is -2.33. The van der Waals surface area contributed by atoms with Gasteiger partial charge in [-0.05, 0) is 13.3 Å². The molecule has 0 amide bonds. The van der Waals surface area contributed by atoms with Crippen LogP contribution in [0.15, 0.2) is 0 Å². The monoisotopic (exact) mass is 128 g/mol. The van der Waals surface area contributed by atoms with Crippen LogP contribution in [0.5, 0.6) is 0 Å². The predicted octanol–water partition coefficient (Wildman–Crippen LogP) is 0.812. The molecule has 0 aromatic carbocycles. The first kappa shape index (κ1) is 5.69. The van der Waals surface area contributed by atoms with Gasteiger partial charge in [0, 0.05) is 5.92 Å². The second-order valence-electron chi connectivity index (χ2n) is 3.35. The van der Waals surface area contributed by atoms with Gasteiger partial charge in [0.2, 0.25) is 0 Å². The zero-order valence-electron chi connectivity index (χ0n) is 5.72. The summed E-state index contributed by atoms with van der Waals surface area (Å²) in [5, 5.41) is 0. The third kappa shape index (κ3) is 0.864. The number of rotatable bonds is 0. The van der Waals surface area contributed by atoms with E-state index >= 15 is 0 Å². The van der Waals surface area contributed by atoms with E-state index in [0.29, 0.717) is 5.92 Å². The van der Waals surface area contributed by atoms with Gasteiger partial charge in [0.1, 0.15) is 0 Å². The molecule has 2 heterocycles. The third-order valence-electron chi connectivity index (χ3n) is 2.15. The molecule has 2 aliphatic heterocycles. The lowest BCUT2D eigenvalue weighted by Gasteiger charge is -2.26. The van der Waals surface area contributed by atoms with Gasteiger partial charge in [-0.3, -0.25) is 0 Å². The Labute approximate surface area is 55.1 Å². The predicted molar refractivity (Wildman–Crippen MR) is 33.3 cm³/mol. The first-order valence-electron chi connectivity index (χ1n) is 3.50. The van der Waals surface area contributed by atoms with Crippen molar-refractivity contribution in [3.8, 4) is 0 Å². The summed E-state index contributed by atoms with van der Waals surface area (Å²) in [6, 6.07) is 0. The van der Waals surface area contributed by atoms with Crippen molar-refractivity contribution >= 4 is 0 Å². The first-order valence-corrected chi connectivity index (χ1v) is 3.50. The minimum Gasteiger partial charge on any atom is -0.378 e. The van der Waals surface area contributed by atoms with Gasteiger partial charge in [0.15, 0.2) is 0 Å². The zero-order chi connectivity index (χ0) is 6.32. The molecule has 2 rings (SSSR count). The van der Waals surface area contributed by atoms with Crippen LogP contribution < -0.4 is 0 Å². The van der Waals surface area contributed by atoms with Crippen molar-refractivity contribution < 1.29 is 9.47 Å². The van der Waals surface area contributed by atoms with Crippen molar-refractivity contribution in [1.82, 2.24) is 0 Å². The third-order valence-corrected chi connectivity index (χ3v) is 2.15. The minimum atomic E-state index is 0.0723. The highest BCUT2D eigenvalue weighted by Crippen LogP contribution is 2.33. The van der Waals surface area contributed by atoms with Crippen LogP contribution in [0.3, 0.4) is 0 Å². The van der Waals surface area contributed by atoms with Gasteiger partial charge in [-0.15, -0.1) is 0 Å². The summed E-state index contributed by atoms with van der Waals surface area (Å²) in [4.78, 5) is 0. The molecule has 9 heavy (non-hydrogen) atoms. The Morgan fingerprint density at radius 2 is 2.33 bits per heavy atom. The standard InChI is InChI=1S/C7H12O2/c1-7-2-6(4-9-7)3-8-5-7/h6H,2-5H2,1H3. The van der Waals surface area contributed by atoms with E-state index in [9.17, 15) is 0 Å². The van der Waals surface area contributed by atoms with Crippen LogP contribution >= 0.6 is 0 Å². The molecule has 2 heteroatoms. The Balaban J connectivity index is 2.13. The second-order valence-corrected chi connectivity index (χ2v) is 3.35. The Bertz CT molecular complexity index is 120. The van der Waals surface area contributed by atoms with E-state index in [-0.39, 0.29) is 5.60 Å². The van der Waals surface area contributed by atoms with Crippen molar-refractivity contribution in [2.75, 3.05) is 19.8 Å². The first-order chi connectivity index (χ1) is 4.29. The van der Waals surface area contributed by atoms with Gasteiger partial charge < -0.3 is 9.47 Å². The Morgan fingerprint density at radius 3 is 3.00 bits per heavy atom. The molecule has 0 spiro atoms. The fourth-order valence-corrected chi connectivity index (χ4v) is 1.70. The molecule has 2 fully saturated rings. The highest BCUT2D eigenvalue weighted by molar-refractivity contribution is 4.88. The maximum absolute atomic E-state index is 5.54. The summed E-state index contributed by atoms with van der Waals surface area (Å²) in [6.45, 7) is 4.75. The van der Waals surface area contributed by atoms with Crippen molar-refractivity contribution in [3.05, 3.63) is 0 Å². The van der Waals surface area contributed by atoms with Crippen molar-refractivity contribution in [1.29, 1.82) is 0 Å². The van der Waals surface area contributed by atoms with Crippen LogP contribution in [-0.2, 0) is 9.47 Å². The van der Waals surface area contributed by atoms with Crippen LogP contribution in [0, 0.1) is 5.92 Å². The molecule has 2 aliphatic rings. The lowest BCUT2D eigenvalue weighted by molar-refractivity contribution is -0.0504. The van der Waals surface area contributed by atoms with Crippen LogP contribution in [0.25, 0.3) is 0 Å². The SMILES string of the molecule is CC12COCC(CO1)C2. The Hall–Kier alpha value is -0.0800. The van der Waals surface area contributed by atoms with Gasteiger partial charge in [-0.2, -0.15) is 0 Å². The smallest absolute Gasteiger partial charge is 0.0891 e. The largest absolute Gasteiger partial charge is 0.378 e. The van der Waals surface area contributed by atoms with Crippen molar-refractivity contribution in [2.45, 2.75) is 18.9 Å². The molecular formula is C7H12O2. The van der Waals surface area contributed by atoms with Crippen LogP contribution in [0.2, 0.25) is 0 Å². The normalized spacial score (nSPS) is 49.7. The number of hydrogen-bond donors (Lipinski definition) is 0. The van der Waals surface area contributed by atoms with Gasteiger partial charge >= 0.3 is 0 Å². The quantitative estimate of drug-likeness (QED) is 0.480. The molecule has 2 saturated heterocycles. The molecule has 52 valence electrons. The van der Waals surface area contributed by atoms with E-state index < -0.39 is 0 Å². The lowest BCUT2D eigenvalue weighted by atomic mass is 9.95. The Kier molecular flexibility index (Phi) is 1.08. The maximum atomic E-state index is 5.54. The van der Waals surface area contributed by atoms with Gasteiger partial charge in [-0.25, -0.2) is 0 Å². The number of hydrogen-bond acceptors (Lipinski definition) is 2. The van der Waals surface area contributed by atoms with E-state index in [1.165, 1.54) is 6.42 Å². The molecule has 2 nitrogen and oxygen atoms in total. The van der Waals surface area contributed by atoms with Gasteiger partial charge in [0.05, 0.1) is 25.4 Å². The van der Waals surface area contributed by atoms with E-state index in [0.717, 1.165) is 19.8 Å².